The van der Waals surface area contributed by atoms with E-state index in [-0.39, 0.29) is 42.7 Å². The van der Waals surface area contributed by atoms with Gasteiger partial charge in [0.25, 0.3) is 0 Å². The quantitative estimate of drug-likeness (QED) is 0.372. The highest BCUT2D eigenvalue weighted by molar-refractivity contribution is 5.75. The molecule has 2 aromatic heterocycles. The van der Waals surface area contributed by atoms with E-state index in [4.69, 9.17) is 0 Å². The summed E-state index contributed by atoms with van der Waals surface area (Å²) in [6, 6.07) is 0.598. The molecule has 0 spiro atoms. The molecule has 2 atom stereocenters. The van der Waals surface area contributed by atoms with Crippen molar-refractivity contribution in [2.24, 2.45) is 7.05 Å². The molecule has 1 aromatic carbocycles. The lowest BCUT2D eigenvalue weighted by Gasteiger charge is -2.35. The number of urea groups is 1. The molecule has 0 radical (unpaired) electrons. The van der Waals surface area contributed by atoms with Gasteiger partial charge in [-0.05, 0) is 49.4 Å². The van der Waals surface area contributed by atoms with Crippen LogP contribution in [0.25, 0.3) is 11.1 Å². The first-order chi connectivity index (χ1) is 20.7. The van der Waals surface area contributed by atoms with Crippen molar-refractivity contribution < 1.29 is 36.2 Å². The molecular formula is C29H33F6N7O2. The van der Waals surface area contributed by atoms with E-state index in [9.17, 15) is 36.2 Å². The van der Waals surface area contributed by atoms with Crippen molar-refractivity contribution in [1.82, 2.24) is 29.5 Å². The zero-order valence-corrected chi connectivity index (χ0v) is 24.2. The van der Waals surface area contributed by atoms with Crippen molar-refractivity contribution >= 4 is 12.0 Å². The molecule has 0 bridgehead atoms. The topological polar surface area (TPSA) is 90.6 Å². The van der Waals surface area contributed by atoms with E-state index < -0.39 is 35.6 Å². The number of likely N-dealkylation sites (tertiary alicyclic amines) is 2. The summed E-state index contributed by atoms with van der Waals surface area (Å²) in [6.45, 7) is 2.53. The molecule has 3 aromatic rings. The summed E-state index contributed by atoms with van der Waals surface area (Å²) < 4.78 is 83.6. The normalized spacial score (nSPS) is 19.9. The standard InChI is InChI=1S/C29H33F6N7O2/c1-3-23-11-24(17-42(23)27(44)40-6-4-25(43)5-7-40)41(26-36-12-19(13-37-26)20-14-38-39(2)16-20)15-18-8-21(28(30,31)32)10-22(9-18)29(33,34)35/h8-10,12-14,16,23-25,43H,3-7,11,15,17H2,1-2H3/t23-,24+/m1/s1. The van der Waals surface area contributed by atoms with E-state index >= 15 is 0 Å². The summed E-state index contributed by atoms with van der Waals surface area (Å²) in [6.07, 6.45) is -2.12. The Morgan fingerprint density at radius 2 is 1.59 bits per heavy atom. The van der Waals surface area contributed by atoms with Gasteiger partial charge < -0.3 is 19.8 Å². The highest BCUT2D eigenvalue weighted by Crippen LogP contribution is 2.37. The van der Waals surface area contributed by atoms with Crippen LogP contribution in [0.15, 0.2) is 43.0 Å². The predicted molar refractivity (Wildman–Crippen MR) is 148 cm³/mol. The predicted octanol–water partition coefficient (Wildman–Crippen LogP) is 5.35. The largest absolute Gasteiger partial charge is 0.416 e. The van der Waals surface area contributed by atoms with Crippen molar-refractivity contribution in [2.75, 3.05) is 24.5 Å². The fourth-order valence-corrected chi connectivity index (χ4v) is 5.84. The van der Waals surface area contributed by atoms with Gasteiger partial charge in [0.1, 0.15) is 0 Å². The monoisotopic (exact) mass is 625 g/mol. The zero-order chi connectivity index (χ0) is 31.8. The number of nitrogens with zero attached hydrogens (tertiary/aromatic N) is 7. The molecule has 9 nitrogen and oxygen atoms in total. The second kappa shape index (κ2) is 12.3. The molecule has 2 saturated heterocycles. The summed E-state index contributed by atoms with van der Waals surface area (Å²) >= 11 is 0. The van der Waals surface area contributed by atoms with Crippen LogP contribution in [0.2, 0.25) is 0 Å². The minimum Gasteiger partial charge on any atom is -0.393 e. The molecule has 2 amide bonds. The van der Waals surface area contributed by atoms with Gasteiger partial charge in [-0.3, -0.25) is 4.68 Å². The number of alkyl halides is 6. The number of rotatable bonds is 6. The summed E-state index contributed by atoms with van der Waals surface area (Å²) in [5.41, 5.74) is -1.67. The number of carbonyl (C=O) groups excluding carboxylic acids is 1. The van der Waals surface area contributed by atoms with Crippen molar-refractivity contribution in [3.63, 3.8) is 0 Å². The Balaban J connectivity index is 1.49. The molecule has 2 aliphatic heterocycles. The Bertz CT molecular complexity index is 1420. The summed E-state index contributed by atoms with van der Waals surface area (Å²) in [7, 11) is 1.74. The fourth-order valence-electron chi connectivity index (χ4n) is 5.84. The van der Waals surface area contributed by atoms with Gasteiger partial charge in [0.2, 0.25) is 5.95 Å². The van der Waals surface area contributed by atoms with Crippen molar-refractivity contribution in [3.8, 4) is 11.1 Å². The molecular weight excluding hydrogens is 592 g/mol. The summed E-state index contributed by atoms with van der Waals surface area (Å²) in [4.78, 5) is 27.4. The maximum absolute atomic E-state index is 13.7. The maximum atomic E-state index is 13.7. The number of aliphatic hydroxyl groups is 1. The molecule has 44 heavy (non-hydrogen) atoms. The van der Waals surface area contributed by atoms with Crippen LogP contribution in [-0.4, -0.2) is 78.5 Å². The minimum absolute atomic E-state index is 0.103. The number of anilines is 1. The number of aryl methyl sites for hydroxylation is 1. The van der Waals surface area contributed by atoms with Gasteiger partial charge in [0.15, 0.2) is 0 Å². The average Bonchev–Trinajstić information content (AvgIpc) is 3.61. The lowest BCUT2D eigenvalue weighted by molar-refractivity contribution is -0.143. The number of amides is 2. The first-order valence-electron chi connectivity index (χ1n) is 14.3. The highest BCUT2D eigenvalue weighted by atomic mass is 19.4. The lowest BCUT2D eigenvalue weighted by atomic mass is 10.0. The third kappa shape index (κ3) is 6.92. The van der Waals surface area contributed by atoms with E-state index in [1.165, 1.54) is 12.4 Å². The molecule has 2 aliphatic rings. The number of aromatic nitrogens is 4. The van der Waals surface area contributed by atoms with Gasteiger partial charge >= 0.3 is 18.4 Å². The Kier molecular flexibility index (Phi) is 8.78. The Morgan fingerprint density at radius 1 is 0.977 bits per heavy atom. The third-order valence-corrected chi connectivity index (χ3v) is 8.22. The first-order valence-corrected chi connectivity index (χ1v) is 14.3. The van der Waals surface area contributed by atoms with Crippen LogP contribution >= 0.6 is 0 Å². The van der Waals surface area contributed by atoms with E-state index in [0.29, 0.717) is 56.5 Å². The number of hydrogen-bond acceptors (Lipinski definition) is 6. The van der Waals surface area contributed by atoms with Gasteiger partial charge in [0.05, 0.1) is 29.5 Å². The van der Waals surface area contributed by atoms with Gasteiger partial charge in [0, 0.05) is 69.0 Å². The first kappa shape index (κ1) is 31.5. The highest BCUT2D eigenvalue weighted by Gasteiger charge is 2.41. The second-order valence-corrected chi connectivity index (χ2v) is 11.3. The number of hydrogen-bond donors (Lipinski definition) is 1. The molecule has 4 heterocycles. The molecule has 5 rings (SSSR count). The van der Waals surface area contributed by atoms with Crippen molar-refractivity contribution in [2.45, 2.75) is 69.7 Å². The van der Waals surface area contributed by atoms with Crippen molar-refractivity contribution in [3.05, 3.63) is 59.7 Å². The number of halogens is 6. The molecule has 2 fully saturated rings. The SMILES string of the molecule is CC[C@@H]1C[C@H](N(Cc2cc(C(F)(F)F)cc(C(F)(F)F)c2)c2ncc(-c3cnn(C)c3)cn2)CN1C(=O)N1CCC(O)CC1. The summed E-state index contributed by atoms with van der Waals surface area (Å²) in [5.74, 6) is 0.110. The number of aliphatic hydroxyl groups excluding tert-OH is 1. The lowest BCUT2D eigenvalue weighted by Crippen LogP contribution is -2.49. The fraction of sp³-hybridized carbons (Fsp3) is 0.517. The van der Waals surface area contributed by atoms with E-state index in [0.717, 1.165) is 5.56 Å². The molecule has 15 heteroatoms. The van der Waals surface area contributed by atoms with Gasteiger partial charge in [-0.1, -0.05) is 6.92 Å². The van der Waals surface area contributed by atoms with E-state index in [1.807, 2.05) is 6.92 Å². The maximum Gasteiger partial charge on any atom is 0.416 e. The second-order valence-electron chi connectivity index (χ2n) is 11.3. The van der Waals surface area contributed by atoms with Crippen LogP contribution in [-0.2, 0) is 25.9 Å². The Labute approximate surface area is 250 Å². The van der Waals surface area contributed by atoms with Crippen LogP contribution in [0.5, 0.6) is 0 Å². The van der Waals surface area contributed by atoms with Gasteiger partial charge in [-0.25, -0.2) is 14.8 Å². The number of carbonyl (C=O) groups is 1. The van der Waals surface area contributed by atoms with Crippen LogP contribution in [0.4, 0.5) is 37.1 Å². The van der Waals surface area contributed by atoms with E-state index in [2.05, 4.69) is 15.1 Å². The van der Waals surface area contributed by atoms with E-state index in [1.54, 1.807) is 38.8 Å². The Hall–Kier alpha value is -3.88. The van der Waals surface area contributed by atoms with Crippen LogP contribution in [0.3, 0.4) is 0 Å². The number of benzene rings is 1. The average molecular weight is 626 g/mol. The molecule has 238 valence electrons. The van der Waals surface area contributed by atoms with Crippen LogP contribution in [0.1, 0.15) is 49.3 Å². The molecule has 0 saturated carbocycles. The summed E-state index contributed by atoms with van der Waals surface area (Å²) in [5, 5.41) is 14.0. The van der Waals surface area contributed by atoms with Crippen LogP contribution < -0.4 is 4.90 Å². The molecule has 0 aliphatic carbocycles. The van der Waals surface area contributed by atoms with Crippen LogP contribution in [0, 0.1) is 0 Å². The van der Waals surface area contributed by atoms with Crippen molar-refractivity contribution in [1.29, 1.82) is 0 Å². The third-order valence-electron chi connectivity index (χ3n) is 8.22. The molecule has 1 N–H and O–H groups in total. The number of piperidine rings is 1. The zero-order valence-electron chi connectivity index (χ0n) is 24.2. The van der Waals surface area contributed by atoms with Gasteiger partial charge in [-0.15, -0.1) is 0 Å². The Morgan fingerprint density at radius 3 is 2.11 bits per heavy atom. The minimum atomic E-state index is -4.99. The molecule has 0 unspecified atom stereocenters. The smallest absolute Gasteiger partial charge is 0.393 e. The van der Waals surface area contributed by atoms with Gasteiger partial charge in [-0.2, -0.15) is 31.4 Å².